The molecule has 1 aromatic heterocycles. The topological polar surface area (TPSA) is 72.2 Å². The Balaban J connectivity index is 1.20. The van der Waals surface area contributed by atoms with Crippen molar-refractivity contribution >= 4 is 28.7 Å². The second-order valence-electron chi connectivity index (χ2n) is 10.1. The monoisotopic (exact) mass is 499 g/mol. The summed E-state index contributed by atoms with van der Waals surface area (Å²) in [4.78, 5) is 4.72. The molecule has 3 aliphatic rings. The Morgan fingerprint density at radius 3 is 2.69 bits per heavy atom. The minimum absolute atomic E-state index is 0.469. The van der Waals surface area contributed by atoms with Crippen molar-refractivity contribution in [1.82, 2.24) is 20.0 Å². The number of aromatic nitrogens is 2. The molecular formula is C28H33N7S. The lowest BCUT2D eigenvalue weighted by Gasteiger charge is -2.50. The van der Waals surface area contributed by atoms with E-state index in [9.17, 15) is 0 Å². The van der Waals surface area contributed by atoms with Gasteiger partial charge in [0, 0.05) is 68.8 Å². The van der Waals surface area contributed by atoms with Crippen LogP contribution in [0.25, 0.3) is 11.3 Å². The molecule has 3 saturated heterocycles. The van der Waals surface area contributed by atoms with E-state index in [1.165, 1.54) is 17.8 Å². The molecule has 7 nitrogen and oxygen atoms in total. The van der Waals surface area contributed by atoms with E-state index in [0.29, 0.717) is 28.6 Å². The van der Waals surface area contributed by atoms with Gasteiger partial charge in [0.2, 0.25) is 0 Å². The minimum Gasteiger partial charge on any atom is -0.378 e. The number of benzene rings is 2. The molecule has 3 aliphatic heterocycles. The van der Waals surface area contributed by atoms with Gasteiger partial charge in [-0.05, 0) is 73.9 Å². The average molecular weight is 500 g/mol. The molecule has 6 rings (SSSR count). The van der Waals surface area contributed by atoms with E-state index in [1.54, 1.807) is 6.07 Å². The lowest BCUT2D eigenvalue weighted by Crippen LogP contribution is -2.56. The van der Waals surface area contributed by atoms with Crippen molar-refractivity contribution in [2.24, 2.45) is 13.0 Å². The van der Waals surface area contributed by atoms with Crippen LogP contribution in [0.1, 0.15) is 30.0 Å². The molecule has 0 amide bonds. The van der Waals surface area contributed by atoms with E-state index in [1.807, 2.05) is 18.2 Å². The number of aryl methyl sites for hydroxylation is 1. The molecule has 2 aromatic carbocycles. The molecule has 1 unspecified atom stereocenters. The third-order valence-corrected chi connectivity index (χ3v) is 7.85. The molecule has 2 bridgehead atoms. The van der Waals surface area contributed by atoms with Crippen molar-refractivity contribution < 1.29 is 0 Å². The fraction of sp³-hybridized carbons (Fsp3) is 0.393. The van der Waals surface area contributed by atoms with Gasteiger partial charge in [0.15, 0.2) is 5.11 Å². The van der Waals surface area contributed by atoms with Crippen LogP contribution in [0.5, 0.6) is 0 Å². The van der Waals surface area contributed by atoms with E-state index >= 15 is 0 Å². The van der Waals surface area contributed by atoms with Crippen molar-refractivity contribution in [2.75, 3.05) is 43.9 Å². The Labute approximate surface area is 218 Å². The van der Waals surface area contributed by atoms with Crippen LogP contribution < -0.4 is 15.5 Å². The fourth-order valence-corrected chi connectivity index (χ4v) is 5.84. The summed E-state index contributed by atoms with van der Waals surface area (Å²) in [6.45, 7) is 3.01. The van der Waals surface area contributed by atoms with E-state index in [0.717, 1.165) is 43.0 Å². The first kappa shape index (κ1) is 24.3. The largest absolute Gasteiger partial charge is 0.378 e. The second kappa shape index (κ2) is 10.3. The van der Waals surface area contributed by atoms with Crippen molar-refractivity contribution in [3.63, 3.8) is 0 Å². The van der Waals surface area contributed by atoms with Crippen LogP contribution in [-0.2, 0) is 7.05 Å². The summed E-state index contributed by atoms with van der Waals surface area (Å²) >= 11 is 5.52. The zero-order valence-corrected chi connectivity index (χ0v) is 21.9. The molecular weight excluding hydrogens is 466 g/mol. The fourth-order valence-electron chi connectivity index (χ4n) is 5.64. The van der Waals surface area contributed by atoms with Crippen LogP contribution in [0, 0.1) is 17.2 Å². The number of nitrogens with zero attached hydrogens (tertiary/aromatic N) is 5. The first-order chi connectivity index (χ1) is 17.4. The lowest BCUT2D eigenvalue weighted by molar-refractivity contribution is 0.0303. The summed E-state index contributed by atoms with van der Waals surface area (Å²) in [5.74, 6) is 1.15. The first-order valence-corrected chi connectivity index (χ1v) is 12.9. The molecule has 0 radical (unpaired) electrons. The minimum atomic E-state index is 0.469. The highest BCUT2D eigenvalue weighted by atomic mass is 32.1. The summed E-state index contributed by atoms with van der Waals surface area (Å²) in [7, 11) is 6.20. The zero-order chi connectivity index (χ0) is 25.2. The highest BCUT2D eigenvalue weighted by Crippen LogP contribution is 2.42. The number of piperidine rings is 3. The van der Waals surface area contributed by atoms with Crippen molar-refractivity contribution in [1.29, 1.82) is 5.26 Å². The van der Waals surface area contributed by atoms with Crippen LogP contribution in [0.2, 0.25) is 0 Å². The maximum absolute atomic E-state index is 9.10. The molecule has 36 heavy (non-hydrogen) atoms. The van der Waals surface area contributed by atoms with Crippen molar-refractivity contribution in [3.8, 4) is 17.3 Å². The van der Waals surface area contributed by atoms with Crippen LogP contribution in [0.3, 0.4) is 0 Å². The molecule has 186 valence electrons. The van der Waals surface area contributed by atoms with E-state index in [2.05, 4.69) is 82.7 Å². The van der Waals surface area contributed by atoms with Gasteiger partial charge in [0.1, 0.15) is 0 Å². The molecule has 0 spiro atoms. The number of thiocarbonyl (C=S) groups is 1. The predicted octanol–water partition coefficient (Wildman–Crippen LogP) is 4.19. The number of nitriles is 1. The van der Waals surface area contributed by atoms with Gasteiger partial charge >= 0.3 is 0 Å². The quantitative estimate of drug-likeness (QED) is 0.493. The standard InChI is InChI=1S/C28H33N7S/c1-33(2)23-9-7-20(8-10-23)26-15-27(34(3)32-26)25-18-35-12-11-21(25)14-24(35)17-30-28(36)31-22-6-4-5-19(13-22)16-29/h4-10,13,15,21,24-25H,11-12,14,17-18H2,1-3H3,(H2,30,31,36)/t21-,24+,25-/m0/s1. The predicted molar refractivity (Wildman–Crippen MR) is 149 cm³/mol. The van der Waals surface area contributed by atoms with Gasteiger partial charge < -0.3 is 15.5 Å². The number of rotatable bonds is 6. The smallest absolute Gasteiger partial charge is 0.170 e. The van der Waals surface area contributed by atoms with E-state index < -0.39 is 0 Å². The van der Waals surface area contributed by atoms with Gasteiger partial charge in [-0.15, -0.1) is 0 Å². The number of nitrogens with one attached hydrogen (secondary N) is 2. The van der Waals surface area contributed by atoms with Crippen LogP contribution >= 0.6 is 12.2 Å². The van der Waals surface area contributed by atoms with Gasteiger partial charge in [-0.3, -0.25) is 9.58 Å². The maximum Gasteiger partial charge on any atom is 0.170 e. The maximum atomic E-state index is 9.10. The summed E-state index contributed by atoms with van der Waals surface area (Å²) < 4.78 is 2.09. The van der Waals surface area contributed by atoms with Crippen molar-refractivity contribution in [3.05, 3.63) is 65.9 Å². The van der Waals surface area contributed by atoms with Crippen LogP contribution in [0.15, 0.2) is 54.6 Å². The van der Waals surface area contributed by atoms with Crippen LogP contribution in [0.4, 0.5) is 11.4 Å². The highest BCUT2D eigenvalue weighted by Gasteiger charge is 2.41. The second-order valence-corrected chi connectivity index (χ2v) is 10.5. The van der Waals surface area contributed by atoms with E-state index in [-0.39, 0.29) is 0 Å². The average Bonchev–Trinajstić information content (AvgIpc) is 3.29. The Bertz CT molecular complexity index is 1270. The van der Waals surface area contributed by atoms with Gasteiger partial charge in [-0.2, -0.15) is 10.4 Å². The summed E-state index contributed by atoms with van der Waals surface area (Å²) in [6, 6.07) is 20.9. The third kappa shape index (κ3) is 5.08. The highest BCUT2D eigenvalue weighted by molar-refractivity contribution is 7.80. The number of anilines is 2. The first-order valence-electron chi connectivity index (χ1n) is 12.5. The molecule has 2 N–H and O–H groups in total. The normalized spacial score (nSPS) is 22.6. The summed E-state index contributed by atoms with van der Waals surface area (Å²) in [6.07, 6.45) is 2.38. The molecule has 8 heteroatoms. The molecule has 3 fully saturated rings. The molecule has 3 aromatic rings. The lowest BCUT2D eigenvalue weighted by atomic mass is 9.74. The van der Waals surface area contributed by atoms with E-state index in [4.69, 9.17) is 22.6 Å². The summed E-state index contributed by atoms with van der Waals surface area (Å²) in [5.41, 5.74) is 6.18. The zero-order valence-electron chi connectivity index (χ0n) is 21.1. The Morgan fingerprint density at radius 2 is 2.00 bits per heavy atom. The molecule has 0 saturated carbocycles. The Hall–Kier alpha value is -3.41. The SMILES string of the molecule is CN(C)c1ccc(-c2cc([C@H]3CN4CC[C@H]3C[C@@H]4CNC(=S)Nc3cccc(C#N)c3)n(C)n2)cc1. The number of fused-ring (bicyclic) bond motifs is 3. The van der Waals surface area contributed by atoms with Gasteiger partial charge in [-0.1, -0.05) is 18.2 Å². The molecule has 4 atom stereocenters. The molecule has 4 heterocycles. The van der Waals surface area contributed by atoms with Gasteiger partial charge in [0.05, 0.1) is 17.3 Å². The molecule has 0 aliphatic carbocycles. The third-order valence-electron chi connectivity index (χ3n) is 7.60. The Morgan fingerprint density at radius 1 is 1.19 bits per heavy atom. The van der Waals surface area contributed by atoms with Crippen molar-refractivity contribution in [2.45, 2.75) is 24.8 Å². The van der Waals surface area contributed by atoms with Gasteiger partial charge in [0.25, 0.3) is 0 Å². The van der Waals surface area contributed by atoms with Gasteiger partial charge in [-0.25, -0.2) is 0 Å². The number of hydrogen-bond donors (Lipinski definition) is 2. The Kier molecular flexibility index (Phi) is 6.95. The summed E-state index contributed by atoms with van der Waals surface area (Å²) in [5, 5.41) is 21.2. The van der Waals surface area contributed by atoms with Crippen LogP contribution in [-0.4, -0.2) is 59.6 Å². The number of hydrogen-bond acceptors (Lipinski definition) is 5.